The van der Waals surface area contributed by atoms with Gasteiger partial charge in [0.1, 0.15) is 9.84 Å². The van der Waals surface area contributed by atoms with Crippen LogP contribution in [-0.4, -0.2) is 34.0 Å². The highest BCUT2D eigenvalue weighted by molar-refractivity contribution is 7.91. The van der Waals surface area contributed by atoms with Gasteiger partial charge in [-0.1, -0.05) is 49.1 Å². The highest BCUT2D eigenvalue weighted by Gasteiger charge is 2.23. The van der Waals surface area contributed by atoms with Gasteiger partial charge in [0.05, 0.1) is 19.6 Å². The molecule has 1 N–H and O–H groups in total. The molecule has 0 saturated carbocycles. The molecule has 3 nitrogen and oxygen atoms in total. The first-order chi connectivity index (χ1) is 9.26. The van der Waals surface area contributed by atoms with E-state index in [-0.39, 0.29) is 0 Å². The minimum atomic E-state index is -2.76. The molecule has 0 amide bonds. The van der Waals surface area contributed by atoms with E-state index >= 15 is 0 Å². The van der Waals surface area contributed by atoms with Gasteiger partial charge >= 0.3 is 0 Å². The van der Waals surface area contributed by atoms with Crippen LogP contribution in [0.2, 0.25) is 19.6 Å². The van der Waals surface area contributed by atoms with E-state index in [4.69, 9.17) is 0 Å². The number of rotatable bonds is 4. The van der Waals surface area contributed by atoms with Crippen molar-refractivity contribution < 1.29 is 8.42 Å². The molecule has 112 valence electrons. The van der Waals surface area contributed by atoms with Gasteiger partial charge in [0.2, 0.25) is 0 Å². The topological polar surface area (TPSA) is 46.2 Å². The van der Waals surface area contributed by atoms with Crippen LogP contribution in [0.5, 0.6) is 0 Å². The zero-order chi connectivity index (χ0) is 14.8. The molecule has 0 atom stereocenters. The first-order valence-electron chi connectivity index (χ1n) is 7.29. The predicted molar refractivity (Wildman–Crippen MR) is 87.9 cm³/mol. The zero-order valence-electron chi connectivity index (χ0n) is 12.6. The van der Waals surface area contributed by atoms with Crippen LogP contribution < -0.4 is 10.5 Å². The van der Waals surface area contributed by atoms with Crippen LogP contribution in [0.25, 0.3) is 0 Å². The van der Waals surface area contributed by atoms with Crippen molar-refractivity contribution in [2.24, 2.45) is 0 Å². The van der Waals surface area contributed by atoms with Crippen molar-refractivity contribution in [1.82, 2.24) is 5.32 Å². The van der Waals surface area contributed by atoms with Crippen LogP contribution >= 0.6 is 0 Å². The Bertz CT molecular complexity index is 532. The molecule has 0 aromatic heterocycles. The van der Waals surface area contributed by atoms with Gasteiger partial charge in [0.25, 0.3) is 0 Å². The summed E-state index contributed by atoms with van der Waals surface area (Å²) < 4.78 is 22.8. The molecule has 0 spiro atoms. The van der Waals surface area contributed by atoms with Crippen LogP contribution in [0.15, 0.2) is 24.3 Å². The Balaban J connectivity index is 1.86. The van der Waals surface area contributed by atoms with E-state index in [1.54, 1.807) is 0 Å². The molecular weight excluding hydrogens is 286 g/mol. The van der Waals surface area contributed by atoms with Crippen molar-refractivity contribution in [1.29, 1.82) is 0 Å². The van der Waals surface area contributed by atoms with Gasteiger partial charge < -0.3 is 5.32 Å². The summed E-state index contributed by atoms with van der Waals surface area (Å²) in [5.41, 5.74) is 1.28. The summed E-state index contributed by atoms with van der Waals surface area (Å²) in [6, 6.07) is 9.22. The molecule has 1 fully saturated rings. The predicted octanol–water partition coefficient (Wildman–Crippen LogP) is 1.90. The van der Waals surface area contributed by atoms with Crippen molar-refractivity contribution in [3.05, 3.63) is 29.8 Å². The summed E-state index contributed by atoms with van der Waals surface area (Å²) in [7, 11) is -3.97. The maximum Gasteiger partial charge on any atom is 0.150 e. The van der Waals surface area contributed by atoms with Crippen molar-refractivity contribution in [2.75, 3.05) is 11.5 Å². The fraction of sp³-hybridized carbons (Fsp3) is 0.600. The number of hydrogen-bond acceptors (Lipinski definition) is 3. The monoisotopic (exact) mass is 311 g/mol. The summed E-state index contributed by atoms with van der Waals surface area (Å²) in [5.74, 6) is 0.665. The summed E-state index contributed by atoms with van der Waals surface area (Å²) in [6.45, 7) is 7.88. The van der Waals surface area contributed by atoms with Crippen molar-refractivity contribution in [3.63, 3.8) is 0 Å². The summed E-state index contributed by atoms with van der Waals surface area (Å²) in [6.07, 6.45) is 1.49. The van der Waals surface area contributed by atoms with Crippen molar-refractivity contribution in [3.8, 4) is 0 Å². The highest BCUT2D eigenvalue weighted by atomic mass is 32.2. The van der Waals surface area contributed by atoms with E-state index in [0.717, 1.165) is 19.4 Å². The second kappa shape index (κ2) is 5.99. The van der Waals surface area contributed by atoms with Crippen LogP contribution in [0.4, 0.5) is 0 Å². The van der Waals surface area contributed by atoms with E-state index in [1.807, 2.05) is 0 Å². The fourth-order valence-electron chi connectivity index (χ4n) is 2.48. The minimum absolute atomic E-state index is 0.333. The van der Waals surface area contributed by atoms with Crippen molar-refractivity contribution in [2.45, 2.75) is 45.1 Å². The Labute approximate surface area is 123 Å². The smallest absolute Gasteiger partial charge is 0.150 e. The molecule has 1 aliphatic heterocycles. The number of benzene rings is 1. The largest absolute Gasteiger partial charge is 0.310 e. The zero-order valence-corrected chi connectivity index (χ0v) is 14.5. The molecule has 5 heteroatoms. The third kappa shape index (κ3) is 4.43. The van der Waals surface area contributed by atoms with E-state index in [2.05, 4.69) is 49.2 Å². The summed E-state index contributed by atoms with van der Waals surface area (Å²) in [5, 5.41) is 4.96. The average molecular weight is 312 g/mol. The van der Waals surface area contributed by atoms with Gasteiger partial charge in [0, 0.05) is 12.6 Å². The van der Waals surface area contributed by atoms with Gasteiger partial charge in [-0.15, -0.1) is 0 Å². The molecule has 1 heterocycles. The first-order valence-corrected chi connectivity index (χ1v) is 12.6. The van der Waals surface area contributed by atoms with E-state index in [0.29, 0.717) is 17.5 Å². The Morgan fingerprint density at radius 3 is 2.15 bits per heavy atom. The lowest BCUT2D eigenvalue weighted by molar-refractivity contribution is 0.463. The summed E-state index contributed by atoms with van der Waals surface area (Å²) >= 11 is 0. The minimum Gasteiger partial charge on any atom is -0.310 e. The lowest BCUT2D eigenvalue weighted by atomic mass is 10.1. The maximum absolute atomic E-state index is 11.4. The molecule has 1 aromatic carbocycles. The van der Waals surface area contributed by atoms with Crippen LogP contribution in [0.1, 0.15) is 18.4 Å². The van der Waals surface area contributed by atoms with Gasteiger partial charge in [-0.05, 0) is 18.4 Å². The maximum atomic E-state index is 11.4. The molecule has 1 aromatic rings. The normalized spacial score (nSPS) is 19.9. The Hall–Kier alpha value is -0.653. The highest BCUT2D eigenvalue weighted by Crippen LogP contribution is 2.13. The van der Waals surface area contributed by atoms with Gasteiger partial charge in [-0.3, -0.25) is 0 Å². The standard InChI is InChI=1S/C15H25NO2SSi/c1-20(2,3)15-6-4-13(5-7-15)12-16-14-8-10-19(17,18)11-9-14/h4-7,14,16H,8-12H2,1-3H3. The second-order valence-electron chi connectivity index (χ2n) is 6.75. The fourth-order valence-corrected chi connectivity index (χ4v) is 5.14. The third-order valence-corrected chi connectivity index (χ3v) is 7.75. The SMILES string of the molecule is C[Si](C)(C)c1ccc(CNC2CCS(=O)(=O)CC2)cc1. The lowest BCUT2D eigenvalue weighted by Gasteiger charge is -2.23. The van der Waals surface area contributed by atoms with Gasteiger partial charge in [-0.25, -0.2) is 8.42 Å². The second-order valence-corrected chi connectivity index (χ2v) is 14.1. The average Bonchev–Trinajstić information content (AvgIpc) is 2.37. The molecule has 1 aliphatic rings. The molecule has 0 unspecified atom stereocenters. The molecular formula is C15H25NO2SSi. The quantitative estimate of drug-likeness (QED) is 0.864. The van der Waals surface area contributed by atoms with Crippen molar-refractivity contribution >= 4 is 23.1 Å². The number of sulfone groups is 1. The van der Waals surface area contributed by atoms with Gasteiger partial charge in [0.15, 0.2) is 0 Å². The van der Waals surface area contributed by atoms with Crippen LogP contribution in [-0.2, 0) is 16.4 Å². The third-order valence-electron chi connectivity index (χ3n) is 3.97. The molecule has 0 bridgehead atoms. The van der Waals surface area contributed by atoms with E-state index < -0.39 is 17.9 Å². The van der Waals surface area contributed by atoms with Crippen LogP contribution in [0.3, 0.4) is 0 Å². The van der Waals surface area contributed by atoms with E-state index in [1.165, 1.54) is 10.8 Å². The van der Waals surface area contributed by atoms with Crippen LogP contribution in [0, 0.1) is 0 Å². The van der Waals surface area contributed by atoms with E-state index in [9.17, 15) is 8.42 Å². The Morgan fingerprint density at radius 1 is 1.10 bits per heavy atom. The molecule has 0 aliphatic carbocycles. The molecule has 0 radical (unpaired) electrons. The summed E-state index contributed by atoms with van der Waals surface area (Å²) in [4.78, 5) is 0. The van der Waals surface area contributed by atoms with Gasteiger partial charge in [-0.2, -0.15) is 0 Å². The molecule has 2 rings (SSSR count). The first kappa shape index (κ1) is 15.7. The molecule has 1 saturated heterocycles. The lowest BCUT2D eigenvalue weighted by Crippen LogP contribution is -2.38. The Kier molecular flexibility index (Phi) is 4.72. The molecule has 20 heavy (non-hydrogen) atoms. The Morgan fingerprint density at radius 2 is 1.65 bits per heavy atom. The number of hydrogen-bond donors (Lipinski definition) is 1. The number of nitrogens with one attached hydrogen (secondary N) is 1.